The molecule has 1 aromatic carbocycles. The van der Waals surface area contributed by atoms with Gasteiger partial charge in [-0.3, -0.25) is 4.79 Å². The zero-order chi connectivity index (χ0) is 12.8. The van der Waals surface area contributed by atoms with E-state index in [9.17, 15) is 4.79 Å². The Balaban J connectivity index is 1.94. The van der Waals surface area contributed by atoms with E-state index in [4.69, 9.17) is 0 Å². The van der Waals surface area contributed by atoms with Gasteiger partial charge in [0.25, 0.3) is 5.91 Å². The Hall–Kier alpha value is -1.81. The van der Waals surface area contributed by atoms with Crippen molar-refractivity contribution < 1.29 is 4.79 Å². The van der Waals surface area contributed by atoms with Crippen LogP contribution in [0, 0.1) is 0 Å². The summed E-state index contributed by atoms with van der Waals surface area (Å²) in [6, 6.07) is 7.72. The van der Waals surface area contributed by atoms with Crippen LogP contribution in [0.25, 0.3) is 10.9 Å². The molecule has 0 aliphatic carbocycles. The zero-order valence-corrected chi connectivity index (χ0v) is 10.6. The van der Waals surface area contributed by atoms with Crippen LogP contribution >= 0.6 is 0 Å². The van der Waals surface area contributed by atoms with E-state index in [0.717, 1.165) is 30.4 Å². The fraction of sp³-hybridized carbons (Fsp3) is 0.357. The minimum Gasteiger partial charge on any atom is -0.361 e. The fourth-order valence-electron chi connectivity index (χ4n) is 1.96. The first-order chi connectivity index (χ1) is 8.83. The number of hydrogen-bond acceptors (Lipinski definition) is 2. The number of carbonyl (C=O) groups is 1. The van der Waals surface area contributed by atoms with Gasteiger partial charge in [-0.25, -0.2) is 0 Å². The Morgan fingerprint density at radius 1 is 1.28 bits per heavy atom. The Morgan fingerprint density at radius 3 is 3.00 bits per heavy atom. The van der Waals surface area contributed by atoms with Crippen LogP contribution in [-0.4, -0.2) is 30.5 Å². The summed E-state index contributed by atoms with van der Waals surface area (Å²) in [5, 5.41) is 7.24. The number of rotatable bonds is 6. The summed E-state index contributed by atoms with van der Waals surface area (Å²) in [6.07, 6.45) is 2.80. The number of para-hydroxylation sites is 1. The Labute approximate surface area is 107 Å². The molecule has 0 radical (unpaired) electrons. The molecule has 0 unspecified atom stereocenters. The molecule has 2 rings (SSSR count). The Kier molecular flexibility index (Phi) is 4.36. The van der Waals surface area contributed by atoms with Gasteiger partial charge in [0.1, 0.15) is 0 Å². The average Bonchev–Trinajstić information content (AvgIpc) is 2.86. The molecule has 1 aromatic heterocycles. The molecule has 18 heavy (non-hydrogen) atoms. The lowest BCUT2D eigenvalue weighted by Gasteiger charge is -2.06. The first kappa shape index (κ1) is 12.6. The maximum atomic E-state index is 12.0. The minimum atomic E-state index is -0.0143. The van der Waals surface area contributed by atoms with Crippen LogP contribution < -0.4 is 10.6 Å². The molecule has 3 N–H and O–H groups in total. The lowest BCUT2D eigenvalue weighted by molar-refractivity contribution is 0.0955. The standard InChI is InChI=1S/C14H19N3O/c1-2-15-8-4-9-17-14(18)12-6-3-5-11-7-10-16-13(11)12/h3,5-7,10,15-16H,2,4,8-9H2,1H3,(H,17,18). The summed E-state index contributed by atoms with van der Waals surface area (Å²) in [5.41, 5.74) is 1.61. The van der Waals surface area contributed by atoms with Crippen molar-refractivity contribution in [3.63, 3.8) is 0 Å². The van der Waals surface area contributed by atoms with Gasteiger partial charge in [-0.2, -0.15) is 0 Å². The molecular formula is C14H19N3O. The maximum Gasteiger partial charge on any atom is 0.253 e. The number of amides is 1. The molecule has 96 valence electrons. The van der Waals surface area contributed by atoms with Crippen LogP contribution in [0.15, 0.2) is 30.5 Å². The summed E-state index contributed by atoms with van der Waals surface area (Å²) in [4.78, 5) is 15.1. The van der Waals surface area contributed by atoms with Gasteiger partial charge in [-0.1, -0.05) is 19.1 Å². The van der Waals surface area contributed by atoms with Gasteiger partial charge in [0.2, 0.25) is 0 Å². The molecule has 2 aromatic rings. The monoisotopic (exact) mass is 245 g/mol. The number of benzene rings is 1. The van der Waals surface area contributed by atoms with Crippen LogP contribution in [0.5, 0.6) is 0 Å². The molecule has 0 fully saturated rings. The van der Waals surface area contributed by atoms with Crippen molar-refractivity contribution in [1.29, 1.82) is 0 Å². The minimum absolute atomic E-state index is 0.0143. The second-order valence-corrected chi connectivity index (χ2v) is 4.21. The van der Waals surface area contributed by atoms with Gasteiger partial charge in [0.15, 0.2) is 0 Å². The van der Waals surface area contributed by atoms with Crippen molar-refractivity contribution in [3.8, 4) is 0 Å². The fourth-order valence-corrected chi connectivity index (χ4v) is 1.96. The summed E-state index contributed by atoms with van der Waals surface area (Å²) < 4.78 is 0. The van der Waals surface area contributed by atoms with Crippen LogP contribution in [0.3, 0.4) is 0 Å². The average molecular weight is 245 g/mol. The molecule has 0 atom stereocenters. The highest BCUT2D eigenvalue weighted by Gasteiger charge is 2.09. The number of aromatic amines is 1. The van der Waals surface area contributed by atoms with Crippen molar-refractivity contribution in [2.75, 3.05) is 19.6 Å². The summed E-state index contributed by atoms with van der Waals surface area (Å²) in [5.74, 6) is -0.0143. The number of fused-ring (bicyclic) bond motifs is 1. The second-order valence-electron chi connectivity index (χ2n) is 4.21. The number of H-pyrrole nitrogens is 1. The van der Waals surface area contributed by atoms with E-state index < -0.39 is 0 Å². The highest BCUT2D eigenvalue weighted by Crippen LogP contribution is 2.16. The number of hydrogen-bond donors (Lipinski definition) is 3. The molecule has 0 aliphatic rings. The summed E-state index contributed by atoms with van der Waals surface area (Å²) in [7, 11) is 0. The number of nitrogens with one attached hydrogen (secondary N) is 3. The number of carbonyl (C=O) groups excluding carboxylic acids is 1. The van der Waals surface area contributed by atoms with E-state index in [-0.39, 0.29) is 5.91 Å². The van der Waals surface area contributed by atoms with Crippen molar-refractivity contribution in [2.45, 2.75) is 13.3 Å². The molecule has 1 amide bonds. The first-order valence-corrected chi connectivity index (χ1v) is 6.38. The maximum absolute atomic E-state index is 12.0. The lowest BCUT2D eigenvalue weighted by Crippen LogP contribution is -2.27. The van der Waals surface area contributed by atoms with Gasteiger partial charge in [-0.05, 0) is 31.6 Å². The summed E-state index contributed by atoms with van der Waals surface area (Å²) >= 11 is 0. The number of aromatic nitrogens is 1. The van der Waals surface area contributed by atoms with Crippen LogP contribution in [0.1, 0.15) is 23.7 Å². The van der Waals surface area contributed by atoms with Crippen LogP contribution in [-0.2, 0) is 0 Å². The van der Waals surface area contributed by atoms with Gasteiger partial charge < -0.3 is 15.6 Å². The molecule has 0 saturated heterocycles. The first-order valence-electron chi connectivity index (χ1n) is 6.38. The van der Waals surface area contributed by atoms with Gasteiger partial charge in [0, 0.05) is 18.1 Å². The Bertz CT molecular complexity index is 518. The second kappa shape index (κ2) is 6.21. The normalized spacial score (nSPS) is 10.7. The smallest absolute Gasteiger partial charge is 0.253 e. The Morgan fingerprint density at radius 2 is 2.17 bits per heavy atom. The van der Waals surface area contributed by atoms with E-state index in [1.54, 1.807) is 0 Å². The van der Waals surface area contributed by atoms with Crippen molar-refractivity contribution in [2.24, 2.45) is 0 Å². The lowest BCUT2D eigenvalue weighted by atomic mass is 10.1. The van der Waals surface area contributed by atoms with E-state index >= 15 is 0 Å². The molecule has 4 nitrogen and oxygen atoms in total. The zero-order valence-electron chi connectivity index (χ0n) is 10.6. The quantitative estimate of drug-likeness (QED) is 0.681. The molecule has 0 aliphatic heterocycles. The predicted molar refractivity (Wildman–Crippen MR) is 73.8 cm³/mol. The summed E-state index contributed by atoms with van der Waals surface area (Å²) in [6.45, 7) is 4.67. The van der Waals surface area contributed by atoms with Crippen molar-refractivity contribution >= 4 is 16.8 Å². The third-order valence-corrected chi connectivity index (χ3v) is 2.90. The third-order valence-electron chi connectivity index (χ3n) is 2.90. The molecular weight excluding hydrogens is 226 g/mol. The van der Waals surface area contributed by atoms with Gasteiger partial charge >= 0.3 is 0 Å². The van der Waals surface area contributed by atoms with E-state index in [1.165, 1.54) is 0 Å². The van der Waals surface area contributed by atoms with E-state index in [0.29, 0.717) is 12.1 Å². The van der Waals surface area contributed by atoms with Crippen LogP contribution in [0.2, 0.25) is 0 Å². The van der Waals surface area contributed by atoms with Gasteiger partial charge in [-0.15, -0.1) is 0 Å². The van der Waals surface area contributed by atoms with Crippen molar-refractivity contribution in [3.05, 3.63) is 36.0 Å². The molecule has 1 heterocycles. The van der Waals surface area contributed by atoms with Crippen molar-refractivity contribution in [1.82, 2.24) is 15.6 Å². The van der Waals surface area contributed by atoms with Crippen LogP contribution in [0.4, 0.5) is 0 Å². The SMILES string of the molecule is CCNCCCNC(=O)c1cccc2cc[nH]c12. The molecule has 4 heteroatoms. The highest BCUT2D eigenvalue weighted by molar-refractivity contribution is 6.05. The van der Waals surface area contributed by atoms with E-state index in [1.807, 2.05) is 30.5 Å². The van der Waals surface area contributed by atoms with Gasteiger partial charge in [0.05, 0.1) is 11.1 Å². The molecule has 0 bridgehead atoms. The highest BCUT2D eigenvalue weighted by atomic mass is 16.1. The largest absolute Gasteiger partial charge is 0.361 e. The molecule has 0 spiro atoms. The third kappa shape index (κ3) is 2.90. The predicted octanol–water partition coefficient (Wildman–Crippen LogP) is 1.90. The van der Waals surface area contributed by atoms with E-state index in [2.05, 4.69) is 22.5 Å². The molecule has 0 saturated carbocycles. The topological polar surface area (TPSA) is 56.9 Å².